The van der Waals surface area contributed by atoms with Crippen molar-refractivity contribution >= 4 is 34.2 Å². The van der Waals surface area contributed by atoms with E-state index in [9.17, 15) is 0 Å². The maximum atomic E-state index is 6.19. The van der Waals surface area contributed by atoms with E-state index < -0.39 is 0 Å². The number of hydrogen-bond acceptors (Lipinski definition) is 4. The van der Waals surface area contributed by atoms with Crippen LogP contribution >= 0.6 is 34.2 Å². The Morgan fingerprint density at radius 3 is 2.72 bits per heavy atom. The Bertz CT molecular complexity index is 551. The van der Waals surface area contributed by atoms with Crippen molar-refractivity contribution in [1.29, 1.82) is 0 Å². The first-order chi connectivity index (χ1) is 8.75. The molecule has 7 heteroatoms. The van der Waals surface area contributed by atoms with Gasteiger partial charge in [0.25, 0.3) is 0 Å². The number of rotatable bonds is 2. The number of nitrogens with zero attached hydrogens (tertiary/aromatic N) is 4. The minimum atomic E-state index is 0.499. The third-order valence-electron chi connectivity index (χ3n) is 3.21. The van der Waals surface area contributed by atoms with Crippen molar-refractivity contribution in [1.82, 2.24) is 25.1 Å². The van der Waals surface area contributed by atoms with Gasteiger partial charge in [-0.15, -0.1) is 0 Å². The van der Waals surface area contributed by atoms with Gasteiger partial charge in [0.05, 0.1) is 9.26 Å². The van der Waals surface area contributed by atoms with Gasteiger partial charge >= 0.3 is 0 Å². The summed E-state index contributed by atoms with van der Waals surface area (Å²) in [5, 5.41) is 7.09. The van der Waals surface area contributed by atoms with E-state index in [-0.39, 0.29) is 0 Å². The lowest BCUT2D eigenvalue weighted by Gasteiger charge is -2.12. The maximum Gasteiger partial charge on any atom is 0.198 e. The van der Waals surface area contributed by atoms with Crippen molar-refractivity contribution in [2.45, 2.75) is 31.6 Å². The Hall–Kier alpha value is -0.760. The fourth-order valence-electron chi connectivity index (χ4n) is 2.32. The molecule has 2 heterocycles. The molecule has 1 N–H and O–H groups in total. The summed E-state index contributed by atoms with van der Waals surface area (Å²) >= 11 is 8.42. The van der Waals surface area contributed by atoms with Crippen LogP contribution in [0.15, 0.2) is 6.33 Å². The number of aromatic nitrogens is 5. The molecule has 0 saturated heterocycles. The van der Waals surface area contributed by atoms with Crippen molar-refractivity contribution in [2.24, 2.45) is 0 Å². The van der Waals surface area contributed by atoms with Crippen molar-refractivity contribution in [3.8, 4) is 11.6 Å². The Morgan fingerprint density at radius 1 is 1.28 bits per heavy atom. The van der Waals surface area contributed by atoms with E-state index in [4.69, 9.17) is 11.6 Å². The van der Waals surface area contributed by atoms with Gasteiger partial charge in [0.1, 0.15) is 11.5 Å². The molecule has 0 radical (unpaired) electrons. The number of H-pyrrole nitrogens is 1. The lowest BCUT2D eigenvalue weighted by molar-refractivity contribution is 0.689. The van der Waals surface area contributed by atoms with Crippen LogP contribution in [0.1, 0.15) is 37.3 Å². The molecule has 0 aromatic carbocycles. The smallest absolute Gasteiger partial charge is 0.198 e. The Labute approximate surface area is 123 Å². The average molecular weight is 376 g/mol. The Balaban J connectivity index is 2.07. The molecule has 5 nitrogen and oxygen atoms in total. The minimum Gasteiger partial charge on any atom is -0.257 e. The summed E-state index contributed by atoms with van der Waals surface area (Å²) in [4.78, 5) is 13.0. The number of aromatic amines is 1. The highest BCUT2D eigenvalue weighted by Gasteiger charge is 2.24. The number of hydrogen-bond donors (Lipinski definition) is 1. The second-order valence-corrected chi connectivity index (χ2v) is 5.79. The molecule has 0 bridgehead atoms. The lowest BCUT2D eigenvalue weighted by atomic mass is 10.0. The zero-order valence-corrected chi connectivity index (χ0v) is 12.4. The SMILES string of the molecule is Clc1nc(-c2ncn[nH]2)nc(C2CCCC2)c1I. The van der Waals surface area contributed by atoms with E-state index in [1.807, 2.05) is 0 Å². The molecule has 0 unspecified atom stereocenters. The fraction of sp³-hybridized carbons (Fsp3) is 0.455. The van der Waals surface area contributed by atoms with Crippen molar-refractivity contribution < 1.29 is 0 Å². The molecule has 0 atom stereocenters. The summed E-state index contributed by atoms with van der Waals surface area (Å²) in [5.41, 5.74) is 1.06. The quantitative estimate of drug-likeness (QED) is 0.647. The summed E-state index contributed by atoms with van der Waals surface area (Å²) in [5.74, 6) is 1.59. The van der Waals surface area contributed by atoms with Crippen LogP contribution in [0.25, 0.3) is 11.6 Å². The van der Waals surface area contributed by atoms with Crippen LogP contribution in [0.3, 0.4) is 0 Å². The van der Waals surface area contributed by atoms with E-state index in [1.165, 1.54) is 32.0 Å². The normalized spacial score (nSPS) is 16.3. The molecule has 18 heavy (non-hydrogen) atoms. The van der Waals surface area contributed by atoms with E-state index in [0.717, 1.165) is 9.26 Å². The molecule has 0 spiro atoms. The first-order valence-electron chi connectivity index (χ1n) is 5.84. The third kappa shape index (κ3) is 2.23. The first kappa shape index (κ1) is 12.3. The van der Waals surface area contributed by atoms with Gasteiger partial charge < -0.3 is 0 Å². The minimum absolute atomic E-state index is 0.499. The first-order valence-corrected chi connectivity index (χ1v) is 7.30. The Morgan fingerprint density at radius 2 is 2.06 bits per heavy atom. The second kappa shape index (κ2) is 5.08. The van der Waals surface area contributed by atoms with E-state index >= 15 is 0 Å². The summed E-state index contributed by atoms with van der Waals surface area (Å²) < 4.78 is 0.962. The maximum absolute atomic E-state index is 6.19. The lowest BCUT2D eigenvalue weighted by Crippen LogP contribution is -2.05. The standard InChI is InChI=1S/C11H11ClIN5/c12-9-7(13)8(6-3-1-2-4-6)16-11(17-9)10-14-5-15-18-10/h5-6H,1-4H2,(H,14,15,18). The van der Waals surface area contributed by atoms with Gasteiger partial charge in [-0.25, -0.2) is 15.0 Å². The number of halogens is 2. The zero-order chi connectivity index (χ0) is 12.5. The van der Waals surface area contributed by atoms with Gasteiger partial charge in [-0.2, -0.15) is 5.10 Å². The van der Waals surface area contributed by atoms with E-state index in [0.29, 0.717) is 22.7 Å². The predicted octanol–water partition coefficient (Wildman–Crippen LogP) is 3.18. The van der Waals surface area contributed by atoms with E-state index in [2.05, 4.69) is 47.7 Å². The van der Waals surface area contributed by atoms with Gasteiger partial charge in [-0.05, 0) is 35.4 Å². The van der Waals surface area contributed by atoms with Crippen molar-refractivity contribution in [3.63, 3.8) is 0 Å². The summed E-state index contributed by atoms with van der Waals surface area (Å²) in [6.45, 7) is 0. The molecule has 0 amide bonds. The van der Waals surface area contributed by atoms with E-state index in [1.54, 1.807) is 0 Å². The van der Waals surface area contributed by atoms with Crippen LogP contribution in [-0.2, 0) is 0 Å². The van der Waals surface area contributed by atoms with Gasteiger partial charge in [-0.3, -0.25) is 5.10 Å². The van der Waals surface area contributed by atoms with Gasteiger partial charge in [-0.1, -0.05) is 24.4 Å². The van der Waals surface area contributed by atoms with Gasteiger partial charge in [0.15, 0.2) is 11.6 Å². The molecule has 3 rings (SSSR count). The molecule has 2 aromatic heterocycles. The highest BCUT2D eigenvalue weighted by Crippen LogP contribution is 2.37. The highest BCUT2D eigenvalue weighted by molar-refractivity contribution is 14.1. The summed E-state index contributed by atoms with van der Waals surface area (Å²) in [7, 11) is 0. The van der Waals surface area contributed by atoms with Crippen LogP contribution in [0.4, 0.5) is 0 Å². The van der Waals surface area contributed by atoms with Crippen LogP contribution in [0.5, 0.6) is 0 Å². The third-order valence-corrected chi connectivity index (χ3v) is 4.86. The molecule has 0 aliphatic heterocycles. The number of nitrogens with one attached hydrogen (secondary N) is 1. The van der Waals surface area contributed by atoms with Crippen LogP contribution in [0, 0.1) is 3.57 Å². The molecule has 2 aromatic rings. The largest absolute Gasteiger partial charge is 0.257 e. The molecular weight excluding hydrogens is 365 g/mol. The van der Waals surface area contributed by atoms with Gasteiger partial charge in [0, 0.05) is 5.92 Å². The summed E-state index contributed by atoms with van der Waals surface area (Å²) in [6, 6.07) is 0. The molecule has 1 saturated carbocycles. The van der Waals surface area contributed by atoms with Crippen LogP contribution in [-0.4, -0.2) is 25.1 Å². The summed E-state index contributed by atoms with van der Waals surface area (Å²) in [6.07, 6.45) is 6.33. The average Bonchev–Trinajstić information content (AvgIpc) is 3.03. The fourth-order valence-corrected chi connectivity index (χ4v) is 3.18. The molecule has 1 fully saturated rings. The molecular formula is C11H11ClIN5. The molecule has 94 valence electrons. The molecule has 1 aliphatic rings. The molecule has 1 aliphatic carbocycles. The topological polar surface area (TPSA) is 67.3 Å². The van der Waals surface area contributed by atoms with Crippen molar-refractivity contribution in [2.75, 3.05) is 0 Å². The van der Waals surface area contributed by atoms with Crippen LogP contribution < -0.4 is 0 Å². The predicted molar refractivity (Wildman–Crippen MR) is 76.3 cm³/mol. The highest BCUT2D eigenvalue weighted by atomic mass is 127. The van der Waals surface area contributed by atoms with Crippen molar-refractivity contribution in [3.05, 3.63) is 20.7 Å². The Kier molecular flexibility index (Phi) is 3.47. The second-order valence-electron chi connectivity index (χ2n) is 4.35. The zero-order valence-electron chi connectivity index (χ0n) is 9.53. The van der Waals surface area contributed by atoms with Gasteiger partial charge in [0.2, 0.25) is 0 Å². The monoisotopic (exact) mass is 375 g/mol. The van der Waals surface area contributed by atoms with Crippen LogP contribution in [0.2, 0.25) is 5.15 Å².